The van der Waals surface area contributed by atoms with Crippen molar-refractivity contribution in [3.05, 3.63) is 81.5 Å². The van der Waals surface area contributed by atoms with Crippen LogP contribution in [0.15, 0.2) is 60.3 Å². The van der Waals surface area contributed by atoms with Gasteiger partial charge in [0.05, 0.1) is 36.4 Å². The van der Waals surface area contributed by atoms with Gasteiger partial charge in [0, 0.05) is 41.7 Å². The molecular weight excluding hydrogens is 529 g/mol. The first-order valence-corrected chi connectivity index (χ1v) is 12.2. The first kappa shape index (κ1) is 28.8. The molecule has 0 unspecified atom stereocenters. The number of amides is 2. The molecule has 0 aromatic heterocycles. The molecule has 11 heteroatoms. The Kier molecular flexibility index (Phi) is 9.57. The number of hydrogen-bond acceptors (Lipinski definition) is 7. The number of anilines is 1. The molecule has 1 heterocycles. The highest BCUT2D eigenvalue weighted by Gasteiger charge is 2.33. The van der Waals surface area contributed by atoms with Crippen LogP contribution in [0, 0.1) is 5.41 Å². The van der Waals surface area contributed by atoms with E-state index in [1.165, 1.54) is 43.5 Å². The van der Waals surface area contributed by atoms with Crippen molar-refractivity contribution in [3.8, 4) is 11.5 Å². The average Bonchev–Trinajstić information content (AvgIpc) is 2.88. The molecule has 0 radical (unpaired) electrons. The van der Waals surface area contributed by atoms with E-state index >= 15 is 0 Å². The van der Waals surface area contributed by atoms with Crippen LogP contribution in [0.2, 0.25) is 10.0 Å². The van der Waals surface area contributed by atoms with E-state index in [-0.39, 0.29) is 51.0 Å². The number of hydrogen-bond donors (Lipinski definition) is 3. The molecule has 0 bridgehead atoms. The molecule has 0 saturated carbocycles. The van der Waals surface area contributed by atoms with E-state index in [0.29, 0.717) is 17.8 Å². The summed E-state index contributed by atoms with van der Waals surface area (Å²) in [7, 11) is 6.70. The van der Waals surface area contributed by atoms with Gasteiger partial charge in [-0.05, 0) is 37.9 Å². The lowest BCUT2D eigenvalue weighted by Crippen LogP contribution is -2.40. The lowest BCUT2D eigenvalue weighted by atomic mass is 9.96. The molecule has 0 fully saturated rings. The minimum absolute atomic E-state index is 0.0691. The lowest BCUT2D eigenvalue weighted by Gasteiger charge is -2.30. The lowest BCUT2D eigenvalue weighted by molar-refractivity contribution is -0.122. The Balaban J connectivity index is 1.89. The SMILES string of the molecule is COc1cc(OC)c(Cl)c(C2=C/C(=C/N)C(=N)N(Cc3ccc(NC(=O)/C=C/CN(C)C)cc3)C2=O)c1Cl. The van der Waals surface area contributed by atoms with Gasteiger partial charge in [0.25, 0.3) is 5.91 Å². The maximum absolute atomic E-state index is 13.6. The Morgan fingerprint density at radius 3 is 2.26 bits per heavy atom. The van der Waals surface area contributed by atoms with Gasteiger partial charge in [-0.3, -0.25) is 19.9 Å². The molecular formula is C27H29Cl2N5O4. The highest BCUT2D eigenvalue weighted by Crippen LogP contribution is 2.45. The van der Waals surface area contributed by atoms with Crippen molar-refractivity contribution in [1.29, 1.82) is 5.41 Å². The van der Waals surface area contributed by atoms with Gasteiger partial charge >= 0.3 is 0 Å². The molecule has 1 aliphatic rings. The minimum atomic E-state index is -0.497. The second-order valence-corrected chi connectivity index (χ2v) is 9.31. The summed E-state index contributed by atoms with van der Waals surface area (Å²) in [5, 5.41) is 11.6. The Bertz CT molecular complexity index is 1310. The summed E-state index contributed by atoms with van der Waals surface area (Å²) in [6.45, 7) is 0.719. The van der Waals surface area contributed by atoms with Gasteiger partial charge in [-0.1, -0.05) is 41.4 Å². The number of methoxy groups -OCH3 is 2. The largest absolute Gasteiger partial charge is 0.495 e. The zero-order chi connectivity index (χ0) is 28.0. The molecule has 2 aromatic carbocycles. The van der Waals surface area contributed by atoms with Crippen molar-refractivity contribution in [2.75, 3.05) is 40.2 Å². The highest BCUT2D eigenvalue weighted by molar-refractivity contribution is 6.43. The Morgan fingerprint density at radius 1 is 1.13 bits per heavy atom. The number of benzene rings is 2. The second-order valence-electron chi connectivity index (χ2n) is 8.55. The standard InChI is InChI=1S/C27H29Cl2N5O4/c1-33(2)11-5-6-22(35)32-18-9-7-16(8-10-18)15-34-26(31)17(14-30)12-19(27(34)36)23-24(28)20(37-3)13-21(38-4)25(23)29/h5-10,12-14,31H,11,15,30H2,1-4H3,(H,32,35)/b6-5+,17-14-,31-26?. The number of nitrogens with two attached hydrogens (primary N) is 1. The van der Waals surface area contributed by atoms with E-state index < -0.39 is 5.91 Å². The summed E-state index contributed by atoms with van der Waals surface area (Å²) < 4.78 is 10.7. The Morgan fingerprint density at radius 2 is 1.74 bits per heavy atom. The summed E-state index contributed by atoms with van der Waals surface area (Å²) in [6.07, 6.45) is 5.94. The number of amidine groups is 1. The number of ether oxygens (including phenoxy) is 2. The normalized spacial score (nSPS) is 14.9. The van der Waals surface area contributed by atoms with Gasteiger partial charge in [-0.15, -0.1) is 0 Å². The van der Waals surface area contributed by atoms with Crippen LogP contribution in [0.1, 0.15) is 11.1 Å². The summed E-state index contributed by atoms with van der Waals surface area (Å²) >= 11 is 13.1. The average molecular weight is 558 g/mol. The summed E-state index contributed by atoms with van der Waals surface area (Å²) in [4.78, 5) is 29.0. The van der Waals surface area contributed by atoms with Crippen LogP contribution < -0.4 is 20.5 Å². The van der Waals surface area contributed by atoms with Crippen LogP contribution >= 0.6 is 23.2 Å². The van der Waals surface area contributed by atoms with Gasteiger partial charge in [0.2, 0.25) is 5.91 Å². The second kappa shape index (κ2) is 12.6. The van der Waals surface area contributed by atoms with Crippen LogP contribution in [0.5, 0.6) is 11.5 Å². The summed E-state index contributed by atoms with van der Waals surface area (Å²) in [5.41, 5.74) is 7.77. The van der Waals surface area contributed by atoms with Crippen LogP contribution in [0.4, 0.5) is 5.69 Å². The van der Waals surface area contributed by atoms with Crippen molar-refractivity contribution >= 4 is 52.1 Å². The molecule has 2 aromatic rings. The van der Waals surface area contributed by atoms with Gasteiger partial charge in [-0.2, -0.15) is 0 Å². The Hall–Kier alpha value is -3.79. The maximum Gasteiger partial charge on any atom is 0.260 e. The van der Waals surface area contributed by atoms with Gasteiger partial charge in [-0.25, -0.2) is 0 Å². The number of nitrogens with zero attached hydrogens (tertiary/aromatic N) is 2. The van der Waals surface area contributed by atoms with E-state index in [1.807, 2.05) is 19.0 Å². The van der Waals surface area contributed by atoms with Crippen molar-refractivity contribution in [1.82, 2.24) is 9.80 Å². The van der Waals surface area contributed by atoms with Gasteiger partial charge in [0.1, 0.15) is 17.3 Å². The number of nitrogens with one attached hydrogen (secondary N) is 2. The molecule has 200 valence electrons. The zero-order valence-electron chi connectivity index (χ0n) is 21.5. The van der Waals surface area contributed by atoms with E-state index in [2.05, 4.69) is 5.32 Å². The smallest absolute Gasteiger partial charge is 0.260 e. The maximum atomic E-state index is 13.6. The van der Waals surface area contributed by atoms with Crippen LogP contribution in [-0.2, 0) is 16.1 Å². The molecule has 38 heavy (non-hydrogen) atoms. The van der Waals surface area contributed by atoms with Crippen LogP contribution in [0.25, 0.3) is 5.57 Å². The van der Waals surface area contributed by atoms with E-state index in [4.69, 9.17) is 43.8 Å². The first-order chi connectivity index (χ1) is 18.1. The third-order valence-electron chi connectivity index (χ3n) is 5.64. The van der Waals surface area contributed by atoms with Crippen molar-refractivity contribution in [2.24, 2.45) is 5.73 Å². The third-order valence-corrected chi connectivity index (χ3v) is 6.39. The fraction of sp³-hybridized carbons (Fsp3) is 0.222. The topological polar surface area (TPSA) is 121 Å². The van der Waals surface area contributed by atoms with Crippen molar-refractivity contribution in [2.45, 2.75) is 6.54 Å². The van der Waals surface area contributed by atoms with Crippen LogP contribution in [-0.4, -0.2) is 62.3 Å². The highest BCUT2D eigenvalue weighted by atomic mass is 35.5. The minimum Gasteiger partial charge on any atom is -0.495 e. The monoisotopic (exact) mass is 557 g/mol. The Labute approximate surface area is 231 Å². The third kappa shape index (κ3) is 6.36. The molecule has 4 N–H and O–H groups in total. The molecule has 2 amide bonds. The molecule has 3 rings (SSSR count). The van der Waals surface area contributed by atoms with Crippen molar-refractivity contribution in [3.63, 3.8) is 0 Å². The molecule has 1 aliphatic heterocycles. The van der Waals surface area contributed by atoms with Crippen molar-refractivity contribution < 1.29 is 19.1 Å². The fourth-order valence-corrected chi connectivity index (χ4v) is 4.40. The molecule has 0 saturated heterocycles. The van der Waals surface area contributed by atoms with Crippen LogP contribution in [0.3, 0.4) is 0 Å². The number of carbonyl (C=O) groups is 2. The summed E-state index contributed by atoms with van der Waals surface area (Å²) in [6, 6.07) is 8.50. The number of rotatable bonds is 9. The van der Waals surface area contributed by atoms with Gasteiger partial charge in [0.15, 0.2) is 0 Å². The van der Waals surface area contributed by atoms with E-state index in [1.54, 1.807) is 30.3 Å². The number of halogens is 2. The molecule has 9 nitrogen and oxygen atoms in total. The molecule has 0 atom stereocenters. The summed E-state index contributed by atoms with van der Waals surface area (Å²) in [5.74, 6) is -0.273. The molecule has 0 aliphatic carbocycles. The quantitative estimate of drug-likeness (QED) is 0.395. The first-order valence-electron chi connectivity index (χ1n) is 11.5. The zero-order valence-corrected chi connectivity index (χ0v) is 23.0. The number of likely N-dealkylation sites (N-methyl/N-ethyl adjacent to an activating group) is 1. The van der Waals surface area contributed by atoms with Gasteiger partial charge < -0.3 is 25.4 Å². The predicted octanol–water partition coefficient (Wildman–Crippen LogP) is 4.31. The predicted molar refractivity (Wildman–Crippen MR) is 151 cm³/mol. The molecule has 0 spiro atoms. The van der Waals surface area contributed by atoms with E-state index in [9.17, 15) is 9.59 Å². The fourth-order valence-electron chi connectivity index (χ4n) is 3.70. The number of carbonyl (C=O) groups excluding carboxylic acids is 2. The van der Waals surface area contributed by atoms with E-state index in [0.717, 1.165) is 5.56 Å².